The number of hydrogen-bond acceptors (Lipinski definition) is 7. The van der Waals surface area contributed by atoms with E-state index in [1.165, 1.54) is 6.20 Å². The number of morpholine rings is 1. The standard InChI is InChI=1S/C21H29N5O3/c1-14-13-28-11-9-26(14)18-12-17(27)15-6-8-23-21(20(15)25-18)16(5-7-22)24-19-4-2-3-10-29-19/h5-8,12,14,19,21,23H,2-4,9-11,13,22H2,1H3,(H,25,27)/b7-5-,24-16-. The normalized spacial score (nSPS) is 27.7. The molecule has 8 nitrogen and oxygen atoms in total. The number of aromatic amines is 1. The molecule has 29 heavy (non-hydrogen) atoms. The maximum absolute atomic E-state index is 12.9. The quantitative estimate of drug-likeness (QED) is 0.665. The van der Waals surface area contributed by atoms with Gasteiger partial charge in [0.25, 0.3) is 0 Å². The van der Waals surface area contributed by atoms with Crippen LogP contribution in [-0.4, -0.2) is 49.3 Å². The highest BCUT2D eigenvalue weighted by Gasteiger charge is 2.27. The Balaban J connectivity index is 1.72. The Hall–Kier alpha value is -2.58. The van der Waals surface area contributed by atoms with Crippen LogP contribution in [0.4, 0.5) is 5.82 Å². The molecule has 2 saturated heterocycles. The highest BCUT2D eigenvalue weighted by molar-refractivity contribution is 6.00. The van der Waals surface area contributed by atoms with Gasteiger partial charge in [-0.25, -0.2) is 0 Å². The van der Waals surface area contributed by atoms with Crippen molar-refractivity contribution in [2.75, 3.05) is 31.3 Å². The van der Waals surface area contributed by atoms with Crippen LogP contribution in [0, 0.1) is 0 Å². The minimum atomic E-state index is -0.302. The van der Waals surface area contributed by atoms with E-state index in [2.05, 4.69) is 22.1 Å². The zero-order valence-corrected chi connectivity index (χ0v) is 16.8. The van der Waals surface area contributed by atoms with Crippen LogP contribution in [0.5, 0.6) is 0 Å². The zero-order chi connectivity index (χ0) is 20.2. The first kappa shape index (κ1) is 19.7. The number of nitrogens with zero attached hydrogens (tertiary/aromatic N) is 2. The van der Waals surface area contributed by atoms with E-state index in [1.54, 1.807) is 24.4 Å². The number of rotatable bonds is 4. The number of aromatic nitrogens is 1. The van der Waals surface area contributed by atoms with Crippen molar-refractivity contribution in [1.29, 1.82) is 0 Å². The number of ether oxygens (including phenoxy) is 2. The molecule has 4 heterocycles. The highest BCUT2D eigenvalue weighted by atomic mass is 16.5. The number of nitrogens with one attached hydrogen (secondary N) is 2. The SMILES string of the molecule is CC1COCCN1c1cc(=O)c2c([nH]1)C(C(/C=C\N)=N\C1CCCCO1)NC=C2. The van der Waals surface area contributed by atoms with Crippen LogP contribution < -0.4 is 21.4 Å². The van der Waals surface area contributed by atoms with Gasteiger partial charge in [0.1, 0.15) is 18.1 Å². The third kappa shape index (κ3) is 4.23. The van der Waals surface area contributed by atoms with Gasteiger partial charge >= 0.3 is 0 Å². The van der Waals surface area contributed by atoms with E-state index < -0.39 is 0 Å². The molecule has 0 radical (unpaired) electrons. The molecular formula is C21H29N5O3. The molecule has 4 rings (SSSR count). The minimum Gasteiger partial charge on any atom is -0.405 e. The molecule has 0 saturated carbocycles. The first-order valence-corrected chi connectivity index (χ1v) is 10.3. The van der Waals surface area contributed by atoms with E-state index in [1.807, 2.05) is 0 Å². The Morgan fingerprint density at radius 3 is 3.03 bits per heavy atom. The molecular weight excluding hydrogens is 370 g/mol. The van der Waals surface area contributed by atoms with Crippen molar-refractivity contribution in [2.45, 2.75) is 44.5 Å². The largest absolute Gasteiger partial charge is 0.405 e. The number of hydrogen-bond donors (Lipinski definition) is 3. The van der Waals surface area contributed by atoms with Gasteiger partial charge in [-0.15, -0.1) is 0 Å². The van der Waals surface area contributed by atoms with Crippen molar-refractivity contribution in [3.05, 3.63) is 46.0 Å². The van der Waals surface area contributed by atoms with E-state index >= 15 is 0 Å². The van der Waals surface area contributed by atoms with Crippen LogP contribution in [0.25, 0.3) is 6.08 Å². The number of H-pyrrole nitrogens is 1. The third-order valence-electron chi connectivity index (χ3n) is 5.58. The van der Waals surface area contributed by atoms with Gasteiger partial charge in [0, 0.05) is 24.8 Å². The lowest BCUT2D eigenvalue weighted by molar-refractivity contribution is 0.0222. The predicted molar refractivity (Wildman–Crippen MR) is 114 cm³/mol. The minimum absolute atomic E-state index is 0.0137. The summed E-state index contributed by atoms with van der Waals surface area (Å²) >= 11 is 0. The molecule has 1 aromatic heterocycles. The smallest absolute Gasteiger partial charge is 0.191 e. The van der Waals surface area contributed by atoms with Gasteiger partial charge in [-0.1, -0.05) is 0 Å². The number of nitrogens with two attached hydrogens (primary N) is 1. The Labute approximate surface area is 170 Å². The van der Waals surface area contributed by atoms with Crippen molar-refractivity contribution in [2.24, 2.45) is 10.7 Å². The summed E-state index contributed by atoms with van der Waals surface area (Å²) < 4.78 is 11.3. The maximum atomic E-state index is 12.9. The first-order valence-electron chi connectivity index (χ1n) is 10.3. The molecule has 0 amide bonds. The molecule has 3 aliphatic heterocycles. The van der Waals surface area contributed by atoms with Crippen molar-refractivity contribution in [3.8, 4) is 0 Å². The van der Waals surface area contributed by atoms with Crippen LogP contribution in [-0.2, 0) is 9.47 Å². The average molecular weight is 399 g/mol. The Morgan fingerprint density at radius 1 is 1.38 bits per heavy atom. The van der Waals surface area contributed by atoms with E-state index in [0.717, 1.165) is 49.6 Å². The van der Waals surface area contributed by atoms with Crippen molar-refractivity contribution in [1.82, 2.24) is 10.3 Å². The Bertz CT molecular complexity index is 870. The second-order valence-electron chi connectivity index (χ2n) is 7.63. The van der Waals surface area contributed by atoms with Gasteiger partial charge in [0.2, 0.25) is 0 Å². The van der Waals surface area contributed by atoms with E-state index in [-0.39, 0.29) is 23.7 Å². The number of fused-ring (bicyclic) bond motifs is 1. The van der Waals surface area contributed by atoms with E-state index in [4.69, 9.17) is 20.2 Å². The summed E-state index contributed by atoms with van der Waals surface area (Å²) in [4.78, 5) is 23.4. The molecule has 0 aromatic carbocycles. The highest BCUT2D eigenvalue weighted by Crippen LogP contribution is 2.26. The fourth-order valence-corrected chi connectivity index (χ4v) is 4.06. The summed E-state index contributed by atoms with van der Waals surface area (Å²) in [7, 11) is 0. The summed E-state index contributed by atoms with van der Waals surface area (Å²) in [6, 6.07) is 1.56. The van der Waals surface area contributed by atoms with Crippen LogP contribution in [0.1, 0.15) is 43.5 Å². The van der Waals surface area contributed by atoms with Gasteiger partial charge in [0.05, 0.1) is 30.7 Å². The Morgan fingerprint density at radius 2 is 2.28 bits per heavy atom. The fraction of sp³-hybridized carbons (Fsp3) is 0.524. The van der Waals surface area contributed by atoms with Crippen LogP contribution in [0.2, 0.25) is 0 Å². The lowest BCUT2D eigenvalue weighted by Gasteiger charge is -2.36. The summed E-state index contributed by atoms with van der Waals surface area (Å²) in [5.41, 5.74) is 7.88. The first-order chi connectivity index (χ1) is 14.2. The summed E-state index contributed by atoms with van der Waals surface area (Å²) in [6.07, 6.45) is 9.72. The van der Waals surface area contributed by atoms with Gasteiger partial charge in [0.15, 0.2) is 5.43 Å². The molecule has 3 atom stereocenters. The van der Waals surface area contributed by atoms with Crippen molar-refractivity contribution < 1.29 is 9.47 Å². The summed E-state index contributed by atoms with van der Waals surface area (Å²) in [6.45, 7) is 4.84. The third-order valence-corrected chi connectivity index (χ3v) is 5.58. The van der Waals surface area contributed by atoms with Gasteiger partial charge in [-0.2, -0.15) is 0 Å². The number of pyridine rings is 1. The van der Waals surface area contributed by atoms with E-state index in [9.17, 15) is 4.79 Å². The molecule has 4 N–H and O–H groups in total. The second-order valence-corrected chi connectivity index (χ2v) is 7.63. The molecule has 0 spiro atoms. The lowest BCUT2D eigenvalue weighted by atomic mass is 9.98. The lowest BCUT2D eigenvalue weighted by Crippen LogP contribution is -2.45. The number of aliphatic imine (C=N–C) groups is 1. The monoisotopic (exact) mass is 399 g/mol. The maximum Gasteiger partial charge on any atom is 0.191 e. The Kier molecular flexibility index (Phi) is 6.01. The topological polar surface area (TPSA) is 105 Å². The molecule has 8 heteroatoms. The average Bonchev–Trinajstić information content (AvgIpc) is 2.74. The molecule has 0 bridgehead atoms. The van der Waals surface area contributed by atoms with Crippen molar-refractivity contribution in [3.63, 3.8) is 0 Å². The predicted octanol–water partition coefficient (Wildman–Crippen LogP) is 1.65. The van der Waals surface area contributed by atoms with Crippen molar-refractivity contribution >= 4 is 17.6 Å². The molecule has 156 valence electrons. The van der Waals surface area contributed by atoms with Gasteiger partial charge in [-0.05, 0) is 50.7 Å². The summed E-state index contributed by atoms with van der Waals surface area (Å²) in [5.74, 6) is 0.802. The summed E-state index contributed by atoms with van der Waals surface area (Å²) in [5, 5.41) is 3.33. The molecule has 3 aliphatic rings. The molecule has 2 fully saturated rings. The van der Waals surface area contributed by atoms with Crippen LogP contribution >= 0.6 is 0 Å². The second kappa shape index (κ2) is 8.84. The molecule has 3 unspecified atom stereocenters. The molecule has 0 aliphatic carbocycles. The van der Waals surface area contributed by atoms with Crippen LogP contribution in [0.15, 0.2) is 34.3 Å². The fourth-order valence-electron chi connectivity index (χ4n) is 4.06. The number of anilines is 1. The van der Waals surface area contributed by atoms with E-state index in [0.29, 0.717) is 18.8 Å². The van der Waals surface area contributed by atoms with Crippen LogP contribution in [0.3, 0.4) is 0 Å². The van der Waals surface area contributed by atoms with Gasteiger partial charge < -0.3 is 30.4 Å². The zero-order valence-electron chi connectivity index (χ0n) is 16.8. The molecule has 1 aromatic rings. The van der Waals surface area contributed by atoms with Gasteiger partial charge in [-0.3, -0.25) is 9.79 Å².